The van der Waals surface area contributed by atoms with Crippen LogP contribution >= 0.6 is 31.9 Å². The quantitative estimate of drug-likeness (QED) is 0.0239. The Balaban J connectivity index is 0.000000306. The number of aromatic hydroxyl groups is 2. The molecule has 2 heterocycles. The molecule has 1 aliphatic carbocycles. The number of phenolic OH excluding ortho intramolecular Hbond substituents is 2. The second-order valence-corrected chi connectivity index (χ2v) is 22.1. The van der Waals surface area contributed by atoms with E-state index in [4.69, 9.17) is 59.8 Å². The van der Waals surface area contributed by atoms with E-state index in [1.165, 1.54) is 117 Å². The molecule has 7 rings (SSSR count). The van der Waals surface area contributed by atoms with Gasteiger partial charge in [0, 0.05) is 64.2 Å². The lowest BCUT2D eigenvalue weighted by atomic mass is 9.70. The summed E-state index contributed by atoms with van der Waals surface area (Å²) < 4.78 is 24.7. The molecule has 0 saturated carbocycles. The monoisotopic (exact) mass is 1260 g/mol. The van der Waals surface area contributed by atoms with Gasteiger partial charge in [-0.15, -0.1) is 0 Å². The summed E-state index contributed by atoms with van der Waals surface area (Å²) in [7, 11) is 0. The van der Waals surface area contributed by atoms with E-state index in [1.807, 2.05) is 59.5 Å². The van der Waals surface area contributed by atoms with Crippen LogP contribution in [-0.4, -0.2) is 88.8 Å². The van der Waals surface area contributed by atoms with Gasteiger partial charge in [-0.1, -0.05) is 130 Å². The van der Waals surface area contributed by atoms with Gasteiger partial charge >= 0.3 is 11.9 Å². The third kappa shape index (κ3) is 24.6. The summed E-state index contributed by atoms with van der Waals surface area (Å²) in [6.07, 6.45) is 24.6. The second kappa shape index (κ2) is 36.7. The molecule has 4 aromatic rings. The molecule has 16 heteroatoms. The molecule has 4 aromatic carbocycles. The van der Waals surface area contributed by atoms with Gasteiger partial charge in [0.25, 0.3) is 0 Å². The highest BCUT2D eigenvalue weighted by Gasteiger charge is 2.42. The highest BCUT2D eigenvalue weighted by atomic mass is 79.9. The van der Waals surface area contributed by atoms with E-state index >= 15 is 0 Å². The van der Waals surface area contributed by atoms with Gasteiger partial charge in [-0.05, 0) is 180 Å². The Morgan fingerprint density at radius 2 is 1.02 bits per heavy atom. The second-order valence-electron chi connectivity index (χ2n) is 20.4. The molecule has 0 spiro atoms. The van der Waals surface area contributed by atoms with Crippen LogP contribution < -0.4 is 0 Å². The first-order valence-electron chi connectivity index (χ1n) is 28.1. The summed E-state index contributed by atoms with van der Waals surface area (Å²) in [5.74, 6) is 13.4. The number of ether oxygens (including phenoxy) is 4. The minimum atomic E-state index is -3.03. The van der Waals surface area contributed by atoms with Crippen molar-refractivity contribution in [1.29, 1.82) is 0 Å². The Kier molecular flexibility index (Phi) is 30.7. The van der Waals surface area contributed by atoms with Gasteiger partial charge in [0.1, 0.15) is 23.7 Å². The molecule has 0 aromatic heterocycles. The molecule has 2 saturated heterocycles. The topological polar surface area (TPSA) is 239 Å². The Bertz CT molecular complexity index is 3020. The van der Waals surface area contributed by atoms with Gasteiger partial charge < -0.3 is 70.0 Å². The molecule has 2 fully saturated rings. The van der Waals surface area contributed by atoms with E-state index in [0.717, 1.165) is 84.0 Å². The van der Waals surface area contributed by atoms with Crippen molar-refractivity contribution in [3.8, 4) is 105 Å². The van der Waals surface area contributed by atoms with Crippen LogP contribution in [0.2, 0.25) is 0 Å². The molecule has 14 nitrogen and oxygen atoms in total. The molecule has 444 valence electrons. The standard InChI is InChI=1S/C41H56O3.C12H14Br2O3.2C7H4O4/c1-5-7-9-11-14-22-41(23-15-12-10-8-6-2)37-25-30(3)18-20-34(37)35-21-19-32(28-38(35)41)36-27-33(31(4)26-39(36)42)29-44-40-17-13-16-24-43-40;13-9-6-11(15)10(14)5-8(9)7-17-12-3-1-2-4-16-12;2*8-6-4-2-1-3-5-7(9,10)11/h18-21,25-28,40,42H,5-17,22-24,29H2,1-4H3;5-6,12,15H,1-4,7H2;2*8-11H. The lowest BCUT2D eigenvalue weighted by Crippen LogP contribution is -2.25. The molecule has 3 aliphatic rings. The molecule has 0 radical (unpaired) electrons. The fourth-order valence-electron chi connectivity index (χ4n) is 9.78. The van der Waals surface area contributed by atoms with Gasteiger partial charge in [0.2, 0.25) is 0 Å². The Morgan fingerprint density at radius 1 is 0.530 bits per heavy atom. The van der Waals surface area contributed by atoms with Crippen LogP contribution in [0.15, 0.2) is 69.6 Å². The van der Waals surface area contributed by atoms with Crippen LogP contribution in [0.3, 0.4) is 0 Å². The van der Waals surface area contributed by atoms with Gasteiger partial charge in [-0.25, -0.2) is 0 Å². The van der Waals surface area contributed by atoms with Crippen LogP contribution in [0.5, 0.6) is 11.5 Å². The van der Waals surface area contributed by atoms with Crippen molar-refractivity contribution in [2.45, 2.75) is 186 Å². The molecule has 0 amide bonds. The van der Waals surface area contributed by atoms with Gasteiger partial charge in [0.05, 0.1) is 17.7 Å². The molecule has 0 bridgehead atoms. The lowest BCUT2D eigenvalue weighted by molar-refractivity contribution is -0.266. The highest BCUT2D eigenvalue weighted by molar-refractivity contribution is 9.11. The Labute approximate surface area is 506 Å². The maximum atomic E-state index is 11.3. The first-order chi connectivity index (χ1) is 39.7. The summed E-state index contributed by atoms with van der Waals surface area (Å²) in [4.78, 5) is 0. The molecular weight excluding hydrogens is 1190 g/mol. The third-order valence-corrected chi connectivity index (χ3v) is 15.3. The average molecular weight is 1270 g/mol. The first kappa shape index (κ1) is 69.5. The number of benzene rings is 4. The van der Waals surface area contributed by atoms with Gasteiger partial charge in [-0.2, -0.15) is 0 Å². The number of unbranched alkanes of at least 4 members (excludes halogenated alkanes) is 8. The average Bonchev–Trinajstić information content (AvgIpc) is 3.44. The van der Waals surface area contributed by atoms with Crippen LogP contribution in [0, 0.1) is 85.3 Å². The maximum Gasteiger partial charge on any atom is 0.346 e. The van der Waals surface area contributed by atoms with E-state index < -0.39 is 11.9 Å². The molecule has 2 aliphatic heterocycles. The summed E-state index contributed by atoms with van der Waals surface area (Å²) in [6, 6.07) is 21.7. The number of halogens is 2. The fraction of sp³-hybridized carbons (Fsp3) is 0.463. The maximum absolute atomic E-state index is 11.3. The predicted octanol–water partition coefficient (Wildman–Crippen LogP) is 11.6. The number of phenols is 2. The van der Waals surface area contributed by atoms with E-state index in [2.05, 4.69) is 102 Å². The van der Waals surface area contributed by atoms with Crippen molar-refractivity contribution in [3.05, 3.63) is 103 Å². The van der Waals surface area contributed by atoms with Crippen LogP contribution in [0.4, 0.5) is 0 Å². The van der Waals surface area contributed by atoms with Crippen molar-refractivity contribution in [2.24, 2.45) is 0 Å². The zero-order valence-electron chi connectivity index (χ0n) is 47.8. The Morgan fingerprint density at radius 3 is 1.52 bits per heavy atom. The zero-order valence-corrected chi connectivity index (χ0v) is 51.0. The van der Waals surface area contributed by atoms with Crippen molar-refractivity contribution < 1.29 is 70.0 Å². The van der Waals surface area contributed by atoms with E-state index in [-0.39, 0.29) is 23.7 Å². The van der Waals surface area contributed by atoms with Gasteiger partial charge in [0.15, 0.2) is 12.6 Å². The summed E-state index contributed by atoms with van der Waals surface area (Å²) in [5, 5.41) is 85.4. The van der Waals surface area contributed by atoms with E-state index in [1.54, 1.807) is 17.9 Å². The molecule has 2 unspecified atom stereocenters. The summed E-state index contributed by atoms with van der Waals surface area (Å²) in [6.45, 7) is 11.4. The summed E-state index contributed by atoms with van der Waals surface area (Å²) in [5.41, 5.74) is 12.3. The van der Waals surface area contributed by atoms with Crippen molar-refractivity contribution >= 4 is 31.9 Å². The summed E-state index contributed by atoms with van der Waals surface area (Å²) >= 11 is 6.69. The van der Waals surface area contributed by atoms with E-state index in [9.17, 15) is 10.2 Å². The smallest absolute Gasteiger partial charge is 0.346 e. The number of hydrogen-bond acceptors (Lipinski definition) is 14. The normalized spacial score (nSPS) is 15.2. The third-order valence-electron chi connectivity index (χ3n) is 13.9. The zero-order chi connectivity index (χ0) is 60.7. The van der Waals surface area contributed by atoms with E-state index in [0.29, 0.717) is 23.4 Å². The van der Waals surface area contributed by atoms with Crippen molar-refractivity contribution in [1.82, 2.24) is 0 Å². The Hall–Kier alpha value is -6.00. The van der Waals surface area contributed by atoms with Crippen molar-refractivity contribution in [2.75, 3.05) is 13.2 Å². The number of aliphatic hydroxyl groups excluding tert-OH is 2. The SMILES string of the molecule is CCCCCCCC1(CCCCCCC)c2cc(C)ccc2-c2ccc(-c3cc(COC4CCCCO4)c(C)cc3O)cc21.OC#CC#CC#CC(O)(O)O.OC#CC#CC#CC(O)(O)O.Oc1cc(Br)c(COC2CCCCO2)cc1Br. The lowest BCUT2D eigenvalue weighted by Gasteiger charge is -2.33. The van der Waals surface area contributed by atoms with Crippen LogP contribution in [0.25, 0.3) is 22.3 Å². The molecular formula is C67H78Br2O14. The number of aryl methyl sites for hydroxylation is 2. The highest BCUT2D eigenvalue weighted by Crippen LogP contribution is 2.55. The van der Waals surface area contributed by atoms with Crippen molar-refractivity contribution in [3.63, 3.8) is 0 Å². The molecule has 2 atom stereocenters. The minimum absolute atomic E-state index is 0.0235. The predicted molar refractivity (Wildman–Crippen MR) is 326 cm³/mol. The first-order valence-corrected chi connectivity index (χ1v) is 29.7. The molecule has 83 heavy (non-hydrogen) atoms. The minimum Gasteiger partial charge on any atom is -0.507 e. The molecule has 10 N–H and O–H groups in total. The number of aliphatic hydroxyl groups is 8. The largest absolute Gasteiger partial charge is 0.507 e. The fourth-order valence-corrected chi connectivity index (χ4v) is 10.6. The van der Waals surface area contributed by atoms with Crippen LogP contribution in [0.1, 0.15) is 163 Å². The van der Waals surface area contributed by atoms with Crippen LogP contribution in [-0.2, 0) is 37.6 Å². The van der Waals surface area contributed by atoms with Gasteiger partial charge in [-0.3, -0.25) is 0 Å². The number of rotatable bonds is 19. The number of hydrogen-bond donors (Lipinski definition) is 10. The number of fused-ring (bicyclic) bond motifs is 3.